The maximum atomic E-state index is 5.55. The van der Waals surface area contributed by atoms with Crippen LogP contribution in [0.15, 0.2) is 10.4 Å². The Morgan fingerprint density at radius 3 is 1.33 bits per heavy atom. The predicted molar refractivity (Wildman–Crippen MR) is 85.7 cm³/mol. The van der Waals surface area contributed by atoms with Crippen LogP contribution in [-0.4, -0.2) is 25.0 Å². The zero-order valence-corrected chi connectivity index (χ0v) is 17.1. The van der Waals surface area contributed by atoms with E-state index in [9.17, 15) is 0 Å². The molecule has 108 valence electrons. The fourth-order valence-corrected chi connectivity index (χ4v) is 28.8. The van der Waals surface area contributed by atoms with Crippen molar-refractivity contribution in [3.8, 4) is 0 Å². The summed E-state index contributed by atoms with van der Waals surface area (Å²) in [4.78, 5) is 0. The van der Waals surface area contributed by atoms with Crippen molar-refractivity contribution in [2.24, 2.45) is 0 Å². The predicted octanol–water partition coefficient (Wildman–Crippen LogP) is 5.92. The molecule has 2 heteroatoms. The zero-order valence-electron chi connectivity index (χ0n) is 14.3. The molecule has 0 aromatic carbocycles. The molecule has 1 nitrogen and oxygen atoms in total. The molecule has 0 radical (unpaired) electrons. The second-order valence-electron chi connectivity index (χ2n) is 8.32. The van der Waals surface area contributed by atoms with Crippen LogP contribution in [0.25, 0.3) is 0 Å². The molecule has 0 saturated heterocycles. The summed E-state index contributed by atoms with van der Waals surface area (Å²) in [5.74, 6) is 0. The summed E-state index contributed by atoms with van der Waals surface area (Å²) in [7, 11) is 0. The van der Waals surface area contributed by atoms with E-state index in [0.29, 0.717) is 10.3 Å². The van der Waals surface area contributed by atoms with E-state index in [1.165, 1.54) is 0 Å². The maximum absolute atomic E-state index is 5.55. The molecule has 0 N–H and O–H groups in total. The Kier molecular flexibility index (Phi) is 5.87. The minimum atomic E-state index is -2.67. The van der Waals surface area contributed by atoms with Gasteiger partial charge < -0.3 is 0 Å². The van der Waals surface area contributed by atoms with Gasteiger partial charge in [0.15, 0.2) is 0 Å². The normalized spacial score (nSPS) is 15.2. The first-order valence-corrected chi connectivity index (χ1v) is 13.0. The van der Waals surface area contributed by atoms with E-state index in [-0.39, 0.29) is 0 Å². The third-order valence-electron chi connectivity index (χ3n) is 4.13. The van der Waals surface area contributed by atoms with Crippen LogP contribution in [0, 0.1) is 0 Å². The average molecular weight is 361 g/mol. The fraction of sp³-hybridized carbons (Fsp3) is 0.875. The van der Waals surface area contributed by atoms with E-state index in [2.05, 4.69) is 66.4 Å². The first-order valence-electron chi connectivity index (χ1n) is 7.10. The monoisotopic (exact) mass is 362 g/mol. The van der Waals surface area contributed by atoms with E-state index in [1.807, 2.05) is 13.2 Å². The van der Waals surface area contributed by atoms with Crippen molar-refractivity contribution in [1.29, 1.82) is 0 Å². The second-order valence-corrected chi connectivity index (χ2v) is 26.7. The van der Waals surface area contributed by atoms with Gasteiger partial charge in [-0.15, -0.1) is 0 Å². The Balaban J connectivity index is 5.92. The number of hydrogen-bond donors (Lipinski definition) is 0. The van der Waals surface area contributed by atoms with Crippen molar-refractivity contribution >= 4 is 18.4 Å². The van der Waals surface area contributed by atoms with E-state index in [4.69, 9.17) is 4.74 Å². The molecule has 0 bridgehead atoms. The van der Waals surface area contributed by atoms with Gasteiger partial charge in [0.1, 0.15) is 0 Å². The quantitative estimate of drug-likeness (QED) is 0.448. The first-order chi connectivity index (χ1) is 7.81. The van der Waals surface area contributed by atoms with Gasteiger partial charge in [-0.25, -0.2) is 0 Å². The van der Waals surface area contributed by atoms with Crippen molar-refractivity contribution in [2.75, 3.05) is 6.61 Å². The molecule has 0 heterocycles. The Labute approximate surface area is 119 Å². The molecule has 0 aliphatic heterocycles. The summed E-state index contributed by atoms with van der Waals surface area (Å²) in [5.41, 5.74) is 0. The zero-order chi connectivity index (χ0) is 14.8. The molecule has 0 aliphatic carbocycles. The van der Waals surface area contributed by atoms with Gasteiger partial charge >= 0.3 is 120 Å². The molecule has 0 saturated carbocycles. The SMILES string of the molecule is CCOC=[CH][Sn]([C](C)(C)C)([C](C)(C)C)[C](C)(C)C. The van der Waals surface area contributed by atoms with Crippen molar-refractivity contribution in [1.82, 2.24) is 0 Å². The number of rotatable bonds is 3. The molecular weight excluding hydrogens is 327 g/mol. The van der Waals surface area contributed by atoms with Crippen LogP contribution in [-0.2, 0) is 4.74 Å². The summed E-state index contributed by atoms with van der Waals surface area (Å²) in [5, 5.41) is 0. The molecule has 0 aromatic rings. The molecule has 0 aliphatic rings. The summed E-state index contributed by atoms with van der Waals surface area (Å²) in [6.07, 6.45) is 2.00. The van der Waals surface area contributed by atoms with E-state index in [1.54, 1.807) is 0 Å². The summed E-state index contributed by atoms with van der Waals surface area (Å²) >= 11 is -2.67. The molecule has 0 amide bonds. The van der Waals surface area contributed by atoms with Gasteiger partial charge in [-0.3, -0.25) is 0 Å². The van der Waals surface area contributed by atoms with Crippen LogP contribution in [0.2, 0.25) is 10.3 Å². The van der Waals surface area contributed by atoms with Crippen molar-refractivity contribution in [3.63, 3.8) is 0 Å². The summed E-state index contributed by atoms with van der Waals surface area (Å²) in [6, 6.07) is 0. The van der Waals surface area contributed by atoms with Crippen LogP contribution < -0.4 is 0 Å². The van der Waals surface area contributed by atoms with Crippen LogP contribution in [0.4, 0.5) is 0 Å². The number of ether oxygens (including phenoxy) is 1. The minimum absolute atomic E-state index is 0.374. The van der Waals surface area contributed by atoms with Crippen molar-refractivity contribution in [2.45, 2.75) is 79.5 Å². The van der Waals surface area contributed by atoms with Gasteiger partial charge in [-0.1, -0.05) is 0 Å². The van der Waals surface area contributed by atoms with Crippen LogP contribution in [0.3, 0.4) is 0 Å². The second kappa shape index (κ2) is 5.76. The molecular formula is C16H34OSn. The van der Waals surface area contributed by atoms with Gasteiger partial charge in [0, 0.05) is 0 Å². The van der Waals surface area contributed by atoms with Gasteiger partial charge in [0.05, 0.1) is 0 Å². The van der Waals surface area contributed by atoms with E-state index in [0.717, 1.165) is 6.61 Å². The third kappa shape index (κ3) is 3.46. The van der Waals surface area contributed by atoms with E-state index < -0.39 is 18.4 Å². The Morgan fingerprint density at radius 2 is 1.11 bits per heavy atom. The topological polar surface area (TPSA) is 9.23 Å². The van der Waals surface area contributed by atoms with Crippen LogP contribution in [0.1, 0.15) is 69.2 Å². The average Bonchev–Trinajstić information content (AvgIpc) is 2.05. The van der Waals surface area contributed by atoms with E-state index >= 15 is 0 Å². The van der Waals surface area contributed by atoms with Crippen molar-refractivity contribution < 1.29 is 4.74 Å². The van der Waals surface area contributed by atoms with Crippen LogP contribution in [0.5, 0.6) is 0 Å². The molecule has 0 aromatic heterocycles. The summed E-state index contributed by atoms with van der Waals surface area (Å²) in [6.45, 7) is 24.6. The third-order valence-corrected chi connectivity index (χ3v) is 26.2. The van der Waals surface area contributed by atoms with Gasteiger partial charge in [-0.05, 0) is 0 Å². The molecule has 0 atom stereocenters. The Bertz CT molecular complexity index is 248. The Morgan fingerprint density at radius 1 is 0.778 bits per heavy atom. The molecule has 0 spiro atoms. The van der Waals surface area contributed by atoms with Gasteiger partial charge in [0.25, 0.3) is 0 Å². The molecule has 18 heavy (non-hydrogen) atoms. The summed E-state index contributed by atoms with van der Waals surface area (Å²) < 4.78 is 9.18. The molecule has 0 fully saturated rings. The Hall–Kier alpha value is 0.339. The fourth-order valence-electron chi connectivity index (χ4n) is 4.37. The molecule has 0 rings (SSSR count). The first kappa shape index (κ1) is 18.3. The van der Waals surface area contributed by atoms with Crippen LogP contribution >= 0.6 is 0 Å². The van der Waals surface area contributed by atoms with Crippen molar-refractivity contribution in [3.05, 3.63) is 10.4 Å². The van der Waals surface area contributed by atoms with Gasteiger partial charge in [-0.2, -0.15) is 0 Å². The standard InChI is InChI=1S/C4H7O.3C4H9.Sn/c1-3-5-4-2;3*1-4(2)3;/h1,3H,4H2,2H3;3*1-3H3;. The van der Waals surface area contributed by atoms with Gasteiger partial charge in [0.2, 0.25) is 0 Å². The number of hydrogen-bond acceptors (Lipinski definition) is 1. The molecule has 0 unspecified atom stereocenters.